The molecule has 0 amide bonds. The van der Waals surface area contributed by atoms with Crippen LogP contribution in [-0.4, -0.2) is 27.2 Å². The summed E-state index contributed by atoms with van der Waals surface area (Å²) in [7, 11) is 1.30. The number of aromatic nitrogens is 1. The van der Waals surface area contributed by atoms with Crippen molar-refractivity contribution in [3.63, 3.8) is 0 Å². The van der Waals surface area contributed by atoms with Gasteiger partial charge in [0.2, 0.25) is 5.75 Å². The Morgan fingerprint density at radius 2 is 1.85 bits per heavy atom. The predicted molar refractivity (Wildman–Crippen MR) is 104 cm³/mol. The fraction of sp³-hybridized carbons (Fsp3) is 0.0556. The van der Waals surface area contributed by atoms with Crippen LogP contribution in [0.1, 0.15) is 11.3 Å². The second-order valence-corrected chi connectivity index (χ2v) is 6.32. The Kier molecular flexibility index (Phi) is 5.07. The number of aromatic hydroxyl groups is 2. The fourth-order valence-electron chi connectivity index (χ4n) is 2.50. The Bertz CT molecular complexity index is 1100. The van der Waals surface area contributed by atoms with E-state index in [2.05, 4.69) is 4.98 Å². The minimum Gasteiger partial charge on any atom is -0.504 e. The average Bonchev–Trinajstić information content (AvgIpc) is 2.64. The van der Waals surface area contributed by atoms with E-state index in [9.17, 15) is 20.3 Å². The van der Waals surface area contributed by atoms with Crippen LogP contribution >= 0.6 is 23.2 Å². The van der Waals surface area contributed by atoms with Gasteiger partial charge in [-0.3, -0.25) is 10.1 Å². The first-order chi connectivity index (χ1) is 12.8. The Hall–Kier alpha value is -3.03. The van der Waals surface area contributed by atoms with Crippen LogP contribution in [0.5, 0.6) is 17.2 Å². The minimum atomic E-state index is -0.703. The highest BCUT2D eigenvalue weighted by molar-refractivity contribution is 6.39. The number of ether oxygens (including phenoxy) is 1. The molecule has 2 N–H and O–H groups in total. The summed E-state index contributed by atoms with van der Waals surface area (Å²) in [4.78, 5) is 14.7. The molecule has 0 spiro atoms. The number of nitrogens with zero attached hydrogens (tertiary/aromatic N) is 2. The maximum absolute atomic E-state index is 11.1. The molecule has 0 atom stereocenters. The third kappa shape index (κ3) is 3.60. The van der Waals surface area contributed by atoms with E-state index in [1.165, 1.54) is 25.3 Å². The number of pyridine rings is 1. The third-order valence-electron chi connectivity index (χ3n) is 3.82. The van der Waals surface area contributed by atoms with E-state index in [1.807, 2.05) is 0 Å². The van der Waals surface area contributed by atoms with Crippen LogP contribution in [0.3, 0.4) is 0 Å². The van der Waals surface area contributed by atoms with Gasteiger partial charge < -0.3 is 14.9 Å². The molecular formula is C18H12Cl2N2O5. The number of phenolic OH excluding ortho intramolecular Hbond substituents is 2. The highest BCUT2D eigenvalue weighted by Crippen LogP contribution is 2.38. The number of fused-ring (bicyclic) bond motifs is 1. The molecule has 0 bridgehead atoms. The van der Waals surface area contributed by atoms with Crippen molar-refractivity contribution >= 4 is 51.9 Å². The van der Waals surface area contributed by atoms with Crippen LogP contribution in [0, 0.1) is 10.1 Å². The van der Waals surface area contributed by atoms with E-state index >= 15 is 0 Å². The molecule has 0 radical (unpaired) electrons. The maximum atomic E-state index is 11.1. The van der Waals surface area contributed by atoms with Crippen LogP contribution in [0.2, 0.25) is 10.0 Å². The zero-order valence-corrected chi connectivity index (χ0v) is 15.3. The van der Waals surface area contributed by atoms with Gasteiger partial charge in [-0.05, 0) is 35.9 Å². The summed E-state index contributed by atoms with van der Waals surface area (Å²) in [5.74, 6) is -0.752. The Balaban J connectivity index is 2.05. The van der Waals surface area contributed by atoms with E-state index in [4.69, 9.17) is 27.9 Å². The van der Waals surface area contributed by atoms with Crippen molar-refractivity contribution < 1.29 is 19.9 Å². The molecule has 27 heavy (non-hydrogen) atoms. The van der Waals surface area contributed by atoms with Crippen molar-refractivity contribution in [2.24, 2.45) is 0 Å². The van der Waals surface area contributed by atoms with E-state index in [-0.39, 0.29) is 22.0 Å². The molecule has 9 heteroatoms. The minimum absolute atomic E-state index is 0.0217. The first-order valence-electron chi connectivity index (χ1n) is 7.53. The lowest BCUT2D eigenvalue weighted by Crippen LogP contribution is -1.93. The number of nitro groups is 1. The number of hydrogen-bond acceptors (Lipinski definition) is 6. The van der Waals surface area contributed by atoms with E-state index in [1.54, 1.807) is 24.3 Å². The lowest BCUT2D eigenvalue weighted by molar-refractivity contribution is -0.386. The summed E-state index contributed by atoms with van der Waals surface area (Å²) in [6, 6.07) is 7.44. The van der Waals surface area contributed by atoms with Gasteiger partial charge in [-0.1, -0.05) is 29.3 Å². The van der Waals surface area contributed by atoms with Gasteiger partial charge in [0.1, 0.15) is 5.52 Å². The highest BCUT2D eigenvalue weighted by atomic mass is 35.5. The molecule has 0 unspecified atom stereocenters. The SMILES string of the molecule is COc1cc(/C=C/c2ccc3c(Cl)cc(Cl)c(O)c3n2)cc([N+](=O)[O-])c1O. The Morgan fingerprint density at radius 3 is 2.52 bits per heavy atom. The van der Waals surface area contributed by atoms with Crippen LogP contribution in [0.4, 0.5) is 5.69 Å². The van der Waals surface area contributed by atoms with Gasteiger partial charge in [0.15, 0.2) is 11.5 Å². The average molecular weight is 407 g/mol. The van der Waals surface area contributed by atoms with Gasteiger partial charge in [-0.2, -0.15) is 0 Å². The first-order valence-corrected chi connectivity index (χ1v) is 8.28. The molecule has 1 heterocycles. The number of benzene rings is 2. The molecule has 7 nitrogen and oxygen atoms in total. The summed E-state index contributed by atoms with van der Waals surface area (Å²) in [6.45, 7) is 0. The van der Waals surface area contributed by atoms with Gasteiger partial charge in [0, 0.05) is 11.5 Å². The Morgan fingerprint density at radius 1 is 1.11 bits per heavy atom. The zero-order valence-electron chi connectivity index (χ0n) is 13.8. The molecular weight excluding hydrogens is 395 g/mol. The smallest absolute Gasteiger partial charge is 0.315 e. The van der Waals surface area contributed by atoms with E-state index in [0.29, 0.717) is 21.7 Å². The van der Waals surface area contributed by atoms with Crippen molar-refractivity contribution in [3.05, 3.63) is 61.7 Å². The summed E-state index contributed by atoms with van der Waals surface area (Å²) in [5, 5.41) is 32.0. The standard InChI is InChI=1S/C18H12Cl2N2O5/c1-27-15-7-9(6-14(18(15)24)22(25)26)2-3-10-4-5-11-12(19)8-13(20)17(23)16(11)21-10/h2-8,23-24H,1H3/b3-2+. The number of hydrogen-bond donors (Lipinski definition) is 2. The van der Waals surface area contributed by atoms with E-state index in [0.717, 1.165) is 0 Å². The van der Waals surface area contributed by atoms with Crippen LogP contribution in [0.25, 0.3) is 23.1 Å². The number of nitro benzene ring substituents is 1. The quantitative estimate of drug-likeness (QED) is 0.464. The summed E-state index contributed by atoms with van der Waals surface area (Å²) in [6.07, 6.45) is 3.15. The van der Waals surface area contributed by atoms with Crippen molar-refractivity contribution in [3.8, 4) is 17.2 Å². The van der Waals surface area contributed by atoms with Gasteiger partial charge >= 0.3 is 5.69 Å². The third-order valence-corrected chi connectivity index (χ3v) is 4.42. The van der Waals surface area contributed by atoms with Gasteiger partial charge in [-0.25, -0.2) is 4.98 Å². The van der Waals surface area contributed by atoms with E-state index < -0.39 is 16.4 Å². The lowest BCUT2D eigenvalue weighted by atomic mass is 10.1. The monoisotopic (exact) mass is 406 g/mol. The molecule has 1 aromatic heterocycles. The second-order valence-electron chi connectivity index (χ2n) is 5.50. The summed E-state index contributed by atoms with van der Waals surface area (Å²) >= 11 is 12.0. The van der Waals surface area contributed by atoms with Crippen LogP contribution in [-0.2, 0) is 0 Å². The summed E-state index contributed by atoms with van der Waals surface area (Å²) < 4.78 is 4.96. The van der Waals surface area contributed by atoms with Crippen LogP contribution < -0.4 is 4.74 Å². The molecule has 3 rings (SSSR count). The fourth-order valence-corrected chi connectivity index (χ4v) is 3.01. The maximum Gasteiger partial charge on any atom is 0.315 e. The number of rotatable bonds is 4. The van der Waals surface area contributed by atoms with Crippen molar-refractivity contribution in [2.45, 2.75) is 0 Å². The number of methoxy groups -OCH3 is 1. The molecule has 2 aromatic carbocycles. The predicted octanol–water partition coefficient (Wildman–Crippen LogP) is 5.04. The number of phenols is 2. The lowest BCUT2D eigenvalue weighted by Gasteiger charge is -2.06. The molecule has 0 aliphatic carbocycles. The van der Waals surface area contributed by atoms with Gasteiger partial charge in [0.25, 0.3) is 0 Å². The zero-order chi connectivity index (χ0) is 19.7. The molecule has 0 saturated heterocycles. The largest absolute Gasteiger partial charge is 0.504 e. The van der Waals surface area contributed by atoms with Crippen molar-refractivity contribution in [1.82, 2.24) is 4.98 Å². The van der Waals surface area contributed by atoms with Crippen LogP contribution in [0.15, 0.2) is 30.3 Å². The topological polar surface area (TPSA) is 106 Å². The molecule has 0 fully saturated rings. The molecule has 0 aliphatic rings. The summed E-state index contributed by atoms with van der Waals surface area (Å²) in [5.41, 5.74) is 0.651. The van der Waals surface area contributed by atoms with Crippen molar-refractivity contribution in [2.75, 3.05) is 7.11 Å². The molecule has 138 valence electrons. The van der Waals surface area contributed by atoms with Gasteiger partial charge in [-0.15, -0.1) is 0 Å². The second kappa shape index (κ2) is 7.30. The highest BCUT2D eigenvalue weighted by Gasteiger charge is 2.19. The number of halogens is 2. The van der Waals surface area contributed by atoms with Crippen molar-refractivity contribution in [1.29, 1.82) is 0 Å². The van der Waals surface area contributed by atoms with Gasteiger partial charge in [0.05, 0.1) is 27.8 Å². The Labute approximate surface area is 163 Å². The molecule has 0 saturated carbocycles. The molecule has 0 aliphatic heterocycles. The molecule has 3 aromatic rings. The normalized spacial score (nSPS) is 11.2. The first kappa shape index (κ1) is 18.8.